The zero-order chi connectivity index (χ0) is 8.97. The van der Waals surface area contributed by atoms with E-state index in [1.807, 2.05) is 0 Å². The highest BCUT2D eigenvalue weighted by atomic mass is 16.3. The van der Waals surface area contributed by atoms with E-state index < -0.39 is 0 Å². The number of nitrogens with zero attached hydrogens (tertiary/aromatic N) is 1. The Morgan fingerprint density at radius 3 is 2.33 bits per heavy atom. The Bertz CT molecular complexity index is 240. The second kappa shape index (κ2) is 4.15. The molecule has 0 aliphatic carbocycles. The lowest BCUT2D eigenvalue weighted by Gasteiger charge is -2.07. The zero-order valence-corrected chi connectivity index (χ0v) is 6.56. The van der Waals surface area contributed by atoms with Crippen molar-refractivity contribution in [2.24, 2.45) is 0 Å². The van der Waals surface area contributed by atoms with Gasteiger partial charge in [-0.2, -0.15) is 0 Å². The van der Waals surface area contributed by atoms with E-state index in [1.165, 1.54) is 6.20 Å². The molecule has 0 saturated carbocycles. The van der Waals surface area contributed by atoms with E-state index in [9.17, 15) is 0 Å². The van der Waals surface area contributed by atoms with E-state index in [-0.39, 0.29) is 19.8 Å². The van der Waals surface area contributed by atoms with Crippen LogP contribution in [-0.2, 0) is 19.8 Å². The minimum atomic E-state index is -0.219. The largest absolute Gasteiger partial charge is 0.392 e. The molecular weight excluding hydrogens is 158 g/mol. The van der Waals surface area contributed by atoms with Crippen molar-refractivity contribution >= 4 is 0 Å². The number of aliphatic hydroxyl groups is 3. The van der Waals surface area contributed by atoms with Gasteiger partial charge in [-0.25, -0.2) is 0 Å². The zero-order valence-electron chi connectivity index (χ0n) is 6.56. The Morgan fingerprint density at radius 1 is 1.08 bits per heavy atom. The first kappa shape index (κ1) is 9.12. The van der Waals surface area contributed by atoms with Crippen LogP contribution in [0.15, 0.2) is 12.3 Å². The molecule has 1 rings (SSSR count). The third kappa shape index (κ3) is 1.61. The van der Waals surface area contributed by atoms with E-state index in [0.717, 1.165) is 0 Å². The van der Waals surface area contributed by atoms with Crippen molar-refractivity contribution < 1.29 is 15.3 Å². The van der Waals surface area contributed by atoms with E-state index in [1.54, 1.807) is 6.07 Å². The highest BCUT2D eigenvalue weighted by Crippen LogP contribution is 2.12. The van der Waals surface area contributed by atoms with Crippen molar-refractivity contribution in [3.63, 3.8) is 0 Å². The van der Waals surface area contributed by atoms with Crippen molar-refractivity contribution in [1.82, 2.24) is 4.98 Å². The molecule has 0 atom stereocenters. The van der Waals surface area contributed by atoms with E-state index in [2.05, 4.69) is 4.98 Å². The molecule has 1 heterocycles. The number of aromatic nitrogens is 1. The highest BCUT2D eigenvalue weighted by molar-refractivity contribution is 5.28. The average molecular weight is 169 g/mol. The number of hydrogen-bond donors (Lipinski definition) is 3. The number of aliphatic hydroxyl groups excluding tert-OH is 3. The summed E-state index contributed by atoms with van der Waals surface area (Å²) in [5.74, 6) is 0. The van der Waals surface area contributed by atoms with Crippen LogP contribution in [0.1, 0.15) is 16.8 Å². The Kier molecular flexibility index (Phi) is 3.16. The van der Waals surface area contributed by atoms with Crippen LogP contribution in [0.4, 0.5) is 0 Å². The molecule has 0 aliphatic heterocycles. The van der Waals surface area contributed by atoms with Crippen LogP contribution >= 0.6 is 0 Å². The van der Waals surface area contributed by atoms with Gasteiger partial charge >= 0.3 is 0 Å². The molecular formula is C8H11NO3. The number of pyridine rings is 1. The molecule has 0 aliphatic rings. The molecule has 0 aromatic carbocycles. The van der Waals surface area contributed by atoms with E-state index in [0.29, 0.717) is 16.8 Å². The minimum absolute atomic E-state index is 0.147. The Hall–Kier alpha value is -0.970. The lowest BCUT2D eigenvalue weighted by atomic mass is 10.1. The van der Waals surface area contributed by atoms with Gasteiger partial charge in [-0.15, -0.1) is 0 Å². The maximum Gasteiger partial charge on any atom is 0.0856 e. The Labute approximate surface area is 70.1 Å². The SMILES string of the molecule is OCc1ccnc(CO)c1CO. The van der Waals surface area contributed by atoms with Gasteiger partial charge in [-0.05, 0) is 11.6 Å². The van der Waals surface area contributed by atoms with Gasteiger partial charge in [-0.3, -0.25) is 4.98 Å². The third-order valence-corrected chi connectivity index (χ3v) is 1.72. The van der Waals surface area contributed by atoms with Gasteiger partial charge < -0.3 is 15.3 Å². The molecule has 0 bridgehead atoms. The van der Waals surface area contributed by atoms with Crippen LogP contribution < -0.4 is 0 Å². The molecule has 66 valence electrons. The summed E-state index contributed by atoms with van der Waals surface area (Å²) < 4.78 is 0. The van der Waals surface area contributed by atoms with Crippen molar-refractivity contribution in [3.05, 3.63) is 29.1 Å². The normalized spacial score (nSPS) is 10.2. The quantitative estimate of drug-likeness (QED) is 0.573. The highest BCUT2D eigenvalue weighted by Gasteiger charge is 2.06. The standard InChI is InChI=1S/C8H11NO3/c10-3-6-1-2-9-8(5-12)7(6)4-11/h1-2,10-12H,3-5H2. The molecule has 0 fully saturated rings. The van der Waals surface area contributed by atoms with E-state index >= 15 is 0 Å². The van der Waals surface area contributed by atoms with Crippen molar-refractivity contribution in [2.75, 3.05) is 0 Å². The number of rotatable bonds is 3. The maximum atomic E-state index is 8.90. The van der Waals surface area contributed by atoms with Crippen molar-refractivity contribution in [2.45, 2.75) is 19.8 Å². The summed E-state index contributed by atoms with van der Waals surface area (Å²) in [6, 6.07) is 1.62. The Morgan fingerprint density at radius 2 is 1.83 bits per heavy atom. The van der Waals surface area contributed by atoms with Gasteiger partial charge in [0.25, 0.3) is 0 Å². The first-order valence-electron chi connectivity index (χ1n) is 3.61. The monoisotopic (exact) mass is 169 g/mol. The first-order chi connectivity index (χ1) is 5.83. The summed E-state index contributed by atoms with van der Waals surface area (Å²) in [6.45, 7) is -0.575. The van der Waals surface area contributed by atoms with Crippen LogP contribution in [0.25, 0.3) is 0 Å². The van der Waals surface area contributed by atoms with Crippen LogP contribution in [-0.4, -0.2) is 20.3 Å². The average Bonchev–Trinajstić information content (AvgIpc) is 2.16. The second-order valence-corrected chi connectivity index (χ2v) is 2.37. The molecule has 4 heteroatoms. The minimum Gasteiger partial charge on any atom is -0.392 e. The molecule has 4 nitrogen and oxygen atoms in total. The van der Waals surface area contributed by atoms with Gasteiger partial charge in [-0.1, -0.05) is 0 Å². The lowest BCUT2D eigenvalue weighted by Crippen LogP contribution is -2.02. The lowest BCUT2D eigenvalue weighted by molar-refractivity contribution is 0.244. The molecule has 3 N–H and O–H groups in total. The summed E-state index contributed by atoms with van der Waals surface area (Å²) in [6.07, 6.45) is 1.50. The summed E-state index contributed by atoms with van der Waals surface area (Å²) in [5, 5.41) is 26.6. The smallest absolute Gasteiger partial charge is 0.0856 e. The summed E-state index contributed by atoms with van der Waals surface area (Å²) in [5.41, 5.74) is 1.54. The predicted molar refractivity (Wildman–Crippen MR) is 42.0 cm³/mol. The van der Waals surface area contributed by atoms with E-state index in [4.69, 9.17) is 15.3 Å². The van der Waals surface area contributed by atoms with Crippen LogP contribution in [0.5, 0.6) is 0 Å². The van der Waals surface area contributed by atoms with Crippen LogP contribution in [0.2, 0.25) is 0 Å². The summed E-state index contributed by atoms with van der Waals surface area (Å²) in [4.78, 5) is 3.86. The summed E-state index contributed by atoms with van der Waals surface area (Å²) >= 11 is 0. The van der Waals surface area contributed by atoms with Gasteiger partial charge in [0, 0.05) is 11.8 Å². The fraction of sp³-hybridized carbons (Fsp3) is 0.375. The van der Waals surface area contributed by atoms with Gasteiger partial charge in [0.05, 0.1) is 25.5 Å². The van der Waals surface area contributed by atoms with Crippen LogP contribution in [0.3, 0.4) is 0 Å². The summed E-state index contributed by atoms with van der Waals surface area (Å²) in [7, 11) is 0. The van der Waals surface area contributed by atoms with Crippen molar-refractivity contribution in [3.8, 4) is 0 Å². The van der Waals surface area contributed by atoms with Crippen molar-refractivity contribution in [1.29, 1.82) is 0 Å². The number of hydrogen-bond acceptors (Lipinski definition) is 4. The fourth-order valence-corrected chi connectivity index (χ4v) is 1.06. The molecule has 1 aromatic rings. The second-order valence-electron chi connectivity index (χ2n) is 2.37. The molecule has 1 aromatic heterocycles. The molecule has 12 heavy (non-hydrogen) atoms. The van der Waals surface area contributed by atoms with Gasteiger partial charge in [0.2, 0.25) is 0 Å². The van der Waals surface area contributed by atoms with Crippen LogP contribution in [0, 0.1) is 0 Å². The molecule has 0 amide bonds. The fourth-order valence-electron chi connectivity index (χ4n) is 1.06. The molecule has 0 radical (unpaired) electrons. The first-order valence-corrected chi connectivity index (χ1v) is 3.61. The topological polar surface area (TPSA) is 73.6 Å². The maximum absolute atomic E-state index is 8.90. The predicted octanol–water partition coefficient (Wildman–Crippen LogP) is -0.441. The molecule has 0 spiro atoms. The third-order valence-electron chi connectivity index (χ3n) is 1.72. The van der Waals surface area contributed by atoms with Gasteiger partial charge in [0.1, 0.15) is 0 Å². The van der Waals surface area contributed by atoms with Gasteiger partial charge in [0.15, 0.2) is 0 Å². The molecule has 0 saturated heterocycles. The Balaban J connectivity index is 3.13. The molecule has 0 unspecified atom stereocenters.